The second-order valence-corrected chi connectivity index (χ2v) is 4.44. The smallest absolute Gasteiger partial charge is 0.282 e. The Morgan fingerprint density at radius 1 is 1.30 bits per heavy atom. The molecule has 0 atom stereocenters. The highest BCUT2D eigenvalue weighted by Crippen LogP contribution is 2.07. The normalized spacial score (nSPS) is 11.7. The topological polar surface area (TPSA) is 62.2 Å². The van der Waals surface area contributed by atoms with Crippen LogP contribution in [0.4, 0.5) is 0 Å². The van der Waals surface area contributed by atoms with Crippen molar-refractivity contribution in [1.82, 2.24) is 15.1 Å². The summed E-state index contributed by atoms with van der Waals surface area (Å²) in [5.74, 6) is 0.656. The van der Waals surface area contributed by atoms with E-state index in [9.17, 15) is 4.79 Å². The minimum atomic E-state index is -0.0816. The van der Waals surface area contributed by atoms with Gasteiger partial charge in [-0.1, -0.05) is 18.2 Å². The first kappa shape index (κ1) is 14.1. The van der Waals surface area contributed by atoms with Crippen LogP contribution in [0.5, 0.6) is 0 Å². The molecule has 0 saturated heterocycles. The van der Waals surface area contributed by atoms with Crippen molar-refractivity contribution >= 4 is 5.84 Å². The number of aryl methyl sites for hydroxylation is 1. The van der Waals surface area contributed by atoms with Gasteiger partial charge in [-0.2, -0.15) is 0 Å². The molecule has 0 saturated carbocycles. The van der Waals surface area contributed by atoms with Gasteiger partial charge in [0.25, 0.3) is 5.56 Å². The van der Waals surface area contributed by atoms with Crippen LogP contribution in [0, 0.1) is 6.92 Å². The number of hydrogen-bond donors (Lipinski definition) is 2. The van der Waals surface area contributed by atoms with Crippen molar-refractivity contribution in [3.63, 3.8) is 0 Å². The highest BCUT2D eigenvalue weighted by Gasteiger charge is 2.16. The van der Waals surface area contributed by atoms with Gasteiger partial charge in [0.1, 0.15) is 11.4 Å². The molecule has 2 aromatic rings. The van der Waals surface area contributed by atoms with E-state index in [4.69, 9.17) is 0 Å². The average Bonchev–Trinajstić information content (AvgIpc) is 2.75. The summed E-state index contributed by atoms with van der Waals surface area (Å²) >= 11 is 0. The summed E-state index contributed by atoms with van der Waals surface area (Å²) in [6, 6.07) is 9.52. The molecule has 2 rings (SSSR count). The molecule has 0 unspecified atom stereocenters. The second kappa shape index (κ2) is 6.23. The van der Waals surface area contributed by atoms with E-state index >= 15 is 0 Å². The van der Waals surface area contributed by atoms with E-state index in [0.29, 0.717) is 17.9 Å². The minimum absolute atomic E-state index is 0.0816. The van der Waals surface area contributed by atoms with Crippen LogP contribution in [-0.2, 0) is 0 Å². The van der Waals surface area contributed by atoms with Crippen molar-refractivity contribution in [2.45, 2.75) is 20.8 Å². The van der Waals surface area contributed by atoms with E-state index in [0.717, 1.165) is 17.9 Å². The monoisotopic (exact) mass is 272 g/mol. The molecule has 0 amide bonds. The van der Waals surface area contributed by atoms with E-state index in [1.165, 1.54) is 0 Å². The number of para-hydroxylation sites is 1. The van der Waals surface area contributed by atoms with Gasteiger partial charge in [-0.05, 0) is 32.9 Å². The molecule has 2 N–H and O–H groups in total. The molecule has 106 valence electrons. The molecule has 1 heterocycles. The molecule has 20 heavy (non-hydrogen) atoms. The van der Waals surface area contributed by atoms with Crippen LogP contribution in [0.25, 0.3) is 5.69 Å². The highest BCUT2D eigenvalue weighted by molar-refractivity contribution is 5.99. The summed E-state index contributed by atoms with van der Waals surface area (Å²) in [6.07, 6.45) is 0. The lowest BCUT2D eigenvalue weighted by Gasteiger charge is -2.05. The fourth-order valence-electron chi connectivity index (χ4n) is 2.13. The van der Waals surface area contributed by atoms with Crippen LogP contribution in [0.3, 0.4) is 0 Å². The number of hydrogen-bond acceptors (Lipinski definition) is 2. The predicted octanol–water partition coefficient (Wildman–Crippen LogP) is 1.85. The third kappa shape index (κ3) is 2.66. The first-order chi connectivity index (χ1) is 9.69. The summed E-state index contributed by atoms with van der Waals surface area (Å²) in [5.41, 5.74) is 2.16. The van der Waals surface area contributed by atoms with Crippen LogP contribution < -0.4 is 10.9 Å². The summed E-state index contributed by atoms with van der Waals surface area (Å²) in [4.78, 5) is 17.0. The summed E-state index contributed by atoms with van der Waals surface area (Å²) < 4.78 is 1.55. The zero-order valence-electron chi connectivity index (χ0n) is 12.1. The maximum absolute atomic E-state index is 12.6. The number of nitrogens with zero attached hydrogens (tertiary/aromatic N) is 2. The maximum atomic E-state index is 12.6. The summed E-state index contributed by atoms with van der Waals surface area (Å²) in [5, 5.41) is 6.27. The molecule has 0 radical (unpaired) electrons. The Bertz CT molecular complexity index is 652. The Labute approximate surface area is 118 Å². The average molecular weight is 272 g/mol. The van der Waals surface area contributed by atoms with Crippen molar-refractivity contribution in [3.8, 4) is 5.69 Å². The van der Waals surface area contributed by atoms with E-state index < -0.39 is 0 Å². The van der Waals surface area contributed by atoms with Crippen molar-refractivity contribution in [3.05, 3.63) is 51.9 Å². The SMILES string of the molecule is CCN=C(NCC)c1c(C)[nH]n(-c2ccccc2)c1=O. The summed E-state index contributed by atoms with van der Waals surface area (Å²) in [6.45, 7) is 7.20. The van der Waals surface area contributed by atoms with Gasteiger partial charge in [-0.3, -0.25) is 14.9 Å². The van der Waals surface area contributed by atoms with Crippen molar-refractivity contribution in [2.75, 3.05) is 13.1 Å². The van der Waals surface area contributed by atoms with Crippen LogP contribution in [0.2, 0.25) is 0 Å². The van der Waals surface area contributed by atoms with E-state index in [-0.39, 0.29) is 5.56 Å². The first-order valence-corrected chi connectivity index (χ1v) is 6.84. The lowest BCUT2D eigenvalue weighted by Crippen LogP contribution is -2.30. The van der Waals surface area contributed by atoms with E-state index in [1.54, 1.807) is 4.68 Å². The molecular formula is C15H20N4O. The third-order valence-corrected chi connectivity index (χ3v) is 2.98. The van der Waals surface area contributed by atoms with Gasteiger partial charge in [0.05, 0.1) is 5.69 Å². The summed E-state index contributed by atoms with van der Waals surface area (Å²) in [7, 11) is 0. The lowest BCUT2D eigenvalue weighted by molar-refractivity contribution is 0.835. The number of rotatable bonds is 4. The molecule has 1 aromatic carbocycles. The number of aromatic nitrogens is 2. The number of aromatic amines is 1. The van der Waals surface area contributed by atoms with Gasteiger partial charge in [0.2, 0.25) is 0 Å². The first-order valence-electron chi connectivity index (χ1n) is 6.84. The van der Waals surface area contributed by atoms with Crippen molar-refractivity contribution in [2.24, 2.45) is 4.99 Å². The van der Waals surface area contributed by atoms with Gasteiger partial charge in [0.15, 0.2) is 0 Å². The van der Waals surface area contributed by atoms with Crippen LogP contribution in [0.15, 0.2) is 40.1 Å². The van der Waals surface area contributed by atoms with Crippen LogP contribution in [-0.4, -0.2) is 28.7 Å². The van der Waals surface area contributed by atoms with Crippen LogP contribution >= 0.6 is 0 Å². The fourth-order valence-corrected chi connectivity index (χ4v) is 2.13. The number of nitrogens with one attached hydrogen (secondary N) is 2. The molecule has 1 aromatic heterocycles. The molecule has 0 fully saturated rings. The molecular weight excluding hydrogens is 252 g/mol. The number of benzene rings is 1. The number of amidine groups is 1. The van der Waals surface area contributed by atoms with Gasteiger partial charge >= 0.3 is 0 Å². The van der Waals surface area contributed by atoms with E-state index in [2.05, 4.69) is 15.4 Å². The quantitative estimate of drug-likeness (QED) is 0.659. The second-order valence-electron chi connectivity index (χ2n) is 4.44. The zero-order chi connectivity index (χ0) is 14.5. The predicted molar refractivity (Wildman–Crippen MR) is 81.9 cm³/mol. The highest BCUT2D eigenvalue weighted by atomic mass is 16.1. The Balaban J connectivity index is 2.54. The van der Waals surface area contributed by atoms with Gasteiger partial charge < -0.3 is 5.32 Å². The Morgan fingerprint density at radius 3 is 2.60 bits per heavy atom. The molecule has 0 bridgehead atoms. The van der Waals surface area contributed by atoms with Gasteiger partial charge in [0, 0.05) is 18.8 Å². The largest absolute Gasteiger partial charge is 0.370 e. The molecule has 5 heteroatoms. The third-order valence-electron chi connectivity index (χ3n) is 2.98. The molecule has 0 spiro atoms. The number of aliphatic imine (C=N–C) groups is 1. The molecule has 0 aliphatic rings. The lowest BCUT2D eigenvalue weighted by atomic mass is 10.2. The fraction of sp³-hybridized carbons (Fsp3) is 0.333. The van der Waals surface area contributed by atoms with Gasteiger partial charge in [-0.25, -0.2) is 4.68 Å². The standard InChI is InChI=1S/C15H20N4O/c1-4-16-14(17-5-2)13-11(3)18-19(15(13)20)12-9-7-6-8-10-12/h6-10,18H,4-5H2,1-3H3,(H,16,17). The molecule has 0 aliphatic heterocycles. The Hall–Kier alpha value is -2.30. The van der Waals surface area contributed by atoms with E-state index in [1.807, 2.05) is 51.1 Å². The Morgan fingerprint density at radius 2 is 2.00 bits per heavy atom. The van der Waals surface area contributed by atoms with Crippen molar-refractivity contribution < 1.29 is 0 Å². The Kier molecular flexibility index (Phi) is 4.40. The number of H-pyrrole nitrogens is 1. The van der Waals surface area contributed by atoms with Crippen LogP contribution in [0.1, 0.15) is 25.1 Å². The molecule has 5 nitrogen and oxygen atoms in total. The maximum Gasteiger partial charge on any atom is 0.282 e. The zero-order valence-corrected chi connectivity index (χ0v) is 12.1. The van der Waals surface area contributed by atoms with Gasteiger partial charge in [-0.15, -0.1) is 0 Å². The minimum Gasteiger partial charge on any atom is -0.370 e. The van der Waals surface area contributed by atoms with Crippen molar-refractivity contribution in [1.29, 1.82) is 0 Å². The molecule has 0 aliphatic carbocycles.